The number of ether oxygens (including phenoxy) is 3. The third kappa shape index (κ3) is 2.12. The summed E-state index contributed by atoms with van der Waals surface area (Å²) in [6.45, 7) is 2.30. The molecule has 0 spiro atoms. The van der Waals surface area contributed by atoms with Crippen LogP contribution >= 0.6 is 0 Å². The highest BCUT2D eigenvalue weighted by atomic mass is 16.7. The topological polar surface area (TPSA) is 34.2 Å². The van der Waals surface area contributed by atoms with E-state index in [1.54, 1.807) is 7.11 Å². The van der Waals surface area contributed by atoms with Gasteiger partial charge in [0.25, 0.3) is 0 Å². The lowest BCUT2D eigenvalue weighted by atomic mass is 9.94. The zero-order valence-electron chi connectivity index (χ0n) is 14.6. The van der Waals surface area contributed by atoms with Crippen LogP contribution in [0.25, 0.3) is 0 Å². The van der Waals surface area contributed by atoms with Crippen LogP contribution in [0.1, 0.15) is 22.9 Å². The fraction of sp³-hybridized carbons (Fsp3) is 0.400. The summed E-state index contributed by atoms with van der Waals surface area (Å²) in [6.07, 6.45) is 2.23. The lowest BCUT2D eigenvalue weighted by Crippen LogP contribution is -2.43. The van der Waals surface area contributed by atoms with E-state index in [0.717, 1.165) is 43.2 Å². The van der Waals surface area contributed by atoms with Crippen LogP contribution < -0.4 is 19.1 Å². The number of hydrogen-bond acceptors (Lipinski definition) is 5. The first-order valence-electron chi connectivity index (χ1n) is 8.82. The number of rotatable bonds is 2. The highest BCUT2D eigenvalue weighted by Gasteiger charge is 2.38. The highest BCUT2D eigenvalue weighted by Crippen LogP contribution is 2.51. The van der Waals surface area contributed by atoms with Gasteiger partial charge >= 0.3 is 0 Å². The molecule has 1 atom stereocenters. The van der Waals surface area contributed by atoms with Gasteiger partial charge in [-0.05, 0) is 43.1 Å². The van der Waals surface area contributed by atoms with Gasteiger partial charge in [0.15, 0.2) is 11.5 Å². The second kappa shape index (κ2) is 5.56. The Morgan fingerprint density at radius 3 is 2.80 bits per heavy atom. The molecule has 2 aromatic carbocycles. The summed E-state index contributed by atoms with van der Waals surface area (Å²) in [4.78, 5) is 4.91. The minimum absolute atomic E-state index is 0.150. The number of nitrogens with zero attached hydrogens (tertiary/aromatic N) is 2. The Balaban J connectivity index is 1.68. The third-order valence-corrected chi connectivity index (χ3v) is 5.58. The van der Waals surface area contributed by atoms with Crippen molar-refractivity contribution in [2.24, 2.45) is 0 Å². The molecule has 5 heteroatoms. The van der Waals surface area contributed by atoms with Crippen LogP contribution in [-0.2, 0) is 12.8 Å². The van der Waals surface area contributed by atoms with Crippen molar-refractivity contribution in [3.8, 4) is 17.2 Å². The van der Waals surface area contributed by atoms with Crippen molar-refractivity contribution in [2.75, 3.05) is 38.9 Å². The summed E-state index contributed by atoms with van der Waals surface area (Å²) in [5.74, 6) is 2.38. The van der Waals surface area contributed by atoms with Crippen molar-refractivity contribution in [1.82, 2.24) is 4.90 Å². The van der Waals surface area contributed by atoms with Gasteiger partial charge in [0.2, 0.25) is 12.5 Å². The smallest absolute Gasteiger partial charge is 0.231 e. The Bertz CT molecular complexity index is 836. The normalized spacial score (nSPS) is 21.2. The maximum absolute atomic E-state index is 5.82. The summed E-state index contributed by atoms with van der Waals surface area (Å²) in [5, 5.41) is 0. The van der Waals surface area contributed by atoms with E-state index in [9.17, 15) is 0 Å². The predicted octanol–water partition coefficient (Wildman–Crippen LogP) is 2.97. The van der Waals surface area contributed by atoms with Gasteiger partial charge in [-0.2, -0.15) is 0 Å². The molecular formula is C20H22N2O3. The van der Waals surface area contributed by atoms with Crippen LogP contribution in [0.2, 0.25) is 0 Å². The van der Waals surface area contributed by atoms with E-state index in [4.69, 9.17) is 14.2 Å². The van der Waals surface area contributed by atoms with Gasteiger partial charge in [-0.1, -0.05) is 18.2 Å². The maximum atomic E-state index is 5.82. The molecule has 0 saturated heterocycles. The average molecular weight is 338 g/mol. The van der Waals surface area contributed by atoms with E-state index in [2.05, 4.69) is 47.2 Å². The lowest BCUT2D eigenvalue weighted by molar-refractivity contribution is 0.170. The van der Waals surface area contributed by atoms with Crippen molar-refractivity contribution >= 4 is 5.69 Å². The molecule has 0 amide bonds. The molecule has 5 rings (SSSR count). The first kappa shape index (κ1) is 14.9. The minimum atomic E-state index is 0.150. The fourth-order valence-electron chi connectivity index (χ4n) is 4.42. The molecule has 0 saturated carbocycles. The molecule has 0 fully saturated rings. The van der Waals surface area contributed by atoms with Gasteiger partial charge in [0.05, 0.1) is 7.11 Å². The van der Waals surface area contributed by atoms with Crippen LogP contribution in [0.15, 0.2) is 30.3 Å². The molecule has 0 N–H and O–H groups in total. The number of likely N-dealkylation sites (N-methyl/N-ethyl adjacent to an activating group) is 1. The van der Waals surface area contributed by atoms with E-state index in [0.29, 0.717) is 0 Å². The van der Waals surface area contributed by atoms with Crippen LogP contribution in [-0.4, -0.2) is 38.9 Å². The summed E-state index contributed by atoms with van der Waals surface area (Å²) < 4.78 is 17.2. The monoisotopic (exact) mass is 338 g/mol. The van der Waals surface area contributed by atoms with E-state index >= 15 is 0 Å². The first-order valence-corrected chi connectivity index (χ1v) is 8.82. The molecule has 25 heavy (non-hydrogen) atoms. The summed E-state index contributed by atoms with van der Waals surface area (Å²) in [6, 6.07) is 10.8. The molecule has 0 aromatic heterocycles. The number of para-hydroxylation sites is 1. The standard InChI is InChI=1S/C20H22N2O3/c1-21-9-7-14-11-16-18(25-12-24-16)19(23-2)17(14)20(21)22-10-8-13-5-3-4-6-15(13)22/h3-6,11,20H,7-10,12H2,1-2H3. The molecule has 1 unspecified atom stereocenters. The minimum Gasteiger partial charge on any atom is -0.492 e. The van der Waals surface area contributed by atoms with Crippen molar-refractivity contribution in [3.63, 3.8) is 0 Å². The van der Waals surface area contributed by atoms with E-state index < -0.39 is 0 Å². The number of hydrogen-bond donors (Lipinski definition) is 0. The van der Waals surface area contributed by atoms with Crippen LogP contribution in [0.5, 0.6) is 17.2 Å². The average Bonchev–Trinajstić information content (AvgIpc) is 3.26. The van der Waals surface area contributed by atoms with Crippen molar-refractivity contribution in [3.05, 3.63) is 47.0 Å². The zero-order chi connectivity index (χ0) is 17.0. The Morgan fingerprint density at radius 1 is 1.08 bits per heavy atom. The molecule has 130 valence electrons. The lowest BCUT2D eigenvalue weighted by Gasteiger charge is -2.42. The van der Waals surface area contributed by atoms with Gasteiger partial charge < -0.3 is 19.1 Å². The number of methoxy groups -OCH3 is 1. The van der Waals surface area contributed by atoms with Crippen molar-refractivity contribution < 1.29 is 14.2 Å². The Labute approximate surface area is 147 Å². The largest absolute Gasteiger partial charge is 0.492 e. The summed E-state index contributed by atoms with van der Waals surface area (Å²) >= 11 is 0. The van der Waals surface area contributed by atoms with Gasteiger partial charge in [0, 0.05) is 24.3 Å². The van der Waals surface area contributed by atoms with Gasteiger partial charge in [-0.3, -0.25) is 4.90 Å². The highest BCUT2D eigenvalue weighted by molar-refractivity contribution is 5.66. The van der Waals surface area contributed by atoms with Crippen LogP contribution in [0.3, 0.4) is 0 Å². The Morgan fingerprint density at radius 2 is 1.92 bits per heavy atom. The molecule has 5 nitrogen and oxygen atoms in total. The van der Waals surface area contributed by atoms with Crippen molar-refractivity contribution in [2.45, 2.75) is 19.0 Å². The Kier molecular flexibility index (Phi) is 3.31. The molecule has 0 bridgehead atoms. The predicted molar refractivity (Wildman–Crippen MR) is 95.7 cm³/mol. The van der Waals surface area contributed by atoms with Crippen LogP contribution in [0.4, 0.5) is 5.69 Å². The fourth-order valence-corrected chi connectivity index (χ4v) is 4.42. The van der Waals surface area contributed by atoms with E-state index in [1.165, 1.54) is 22.4 Å². The molecule has 3 aliphatic heterocycles. The molecular weight excluding hydrogens is 316 g/mol. The van der Waals surface area contributed by atoms with E-state index in [-0.39, 0.29) is 13.0 Å². The molecule has 2 aromatic rings. The SMILES string of the molecule is COc1c2c(cc3c1C(N1CCc4ccccc41)N(C)CC3)OCO2. The van der Waals surface area contributed by atoms with Gasteiger partial charge in [-0.15, -0.1) is 0 Å². The maximum Gasteiger partial charge on any atom is 0.231 e. The zero-order valence-corrected chi connectivity index (χ0v) is 14.6. The molecule has 0 radical (unpaired) electrons. The quantitative estimate of drug-likeness (QED) is 0.841. The summed E-state index contributed by atoms with van der Waals surface area (Å²) in [5.41, 5.74) is 5.26. The van der Waals surface area contributed by atoms with Crippen molar-refractivity contribution in [1.29, 1.82) is 0 Å². The summed E-state index contributed by atoms with van der Waals surface area (Å²) in [7, 11) is 3.92. The van der Waals surface area contributed by atoms with E-state index in [1.807, 2.05) is 0 Å². The number of benzene rings is 2. The number of anilines is 1. The molecule has 0 aliphatic carbocycles. The second-order valence-corrected chi connectivity index (χ2v) is 6.89. The molecule has 3 heterocycles. The number of fused-ring (bicyclic) bond motifs is 3. The second-order valence-electron chi connectivity index (χ2n) is 6.89. The molecule has 3 aliphatic rings. The third-order valence-electron chi connectivity index (χ3n) is 5.58. The first-order chi connectivity index (χ1) is 12.3. The Hall–Kier alpha value is -2.40. The van der Waals surface area contributed by atoms with Gasteiger partial charge in [0.1, 0.15) is 6.17 Å². The van der Waals surface area contributed by atoms with Gasteiger partial charge in [-0.25, -0.2) is 0 Å². The van der Waals surface area contributed by atoms with Crippen LogP contribution in [0, 0.1) is 0 Å².